The van der Waals surface area contributed by atoms with Gasteiger partial charge in [-0.3, -0.25) is 4.79 Å². The Morgan fingerprint density at radius 3 is 2.42 bits per heavy atom. The highest BCUT2D eigenvalue weighted by Crippen LogP contribution is 2.31. The SMILES string of the molecule is COc1cc(Cl)c(C)cc1NC(=O)c1ccc(S(=O)(=O)NC2CC2)cc1. The normalized spacial score (nSPS) is 14.1. The average molecular weight is 395 g/mol. The number of halogens is 1. The molecule has 6 nitrogen and oxygen atoms in total. The maximum absolute atomic E-state index is 12.5. The van der Waals surface area contributed by atoms with Crippen molar-refractivity contribution in [2.24, 2.45) is 0 Å². The number of anilines is 1. The third kappa shape index (κ3) is 4.17. The van der Waals surface area contributed by atoms with Crippen molar-refractivity contribution >= 4 is 33.2 Å². The highest BCUT2D eigenvalue weighted by Gasteiger charge is 2.28. The molecule has 0 unspecified atom stereocenters. The number of carbonyl (C=O) groups excluding carboxylic acids is 1. The van der Waals surface area contributed by atoms with Crippen molar-refractivity contribution in [1.82, 2.24) is 4.72 Å². The maximum Gasteiger partial charge on any atom is 0.255 e. The fraction of sp³-hybridized carbons (Fsp3) is 0.278. The van der Waals surface area contributed by atoms with Crippen LogP contribution in [0.4, 0.5) is 5.69 Å². The van der Waals surface area contributed by atoms with Crippen LogP contribution in [0.1, 0.15) is 28.8 Å². The van der Waals surface area contributed by atoms with Gasteiger partial charge in [0.15, 0.2) is 0 Å². The zero-order chi connectivity index (χ0) is 18.9. The van der Waals surface area contributed by atoms with Gasteiger partial charge in [0, 0.05) is 22.7 Å². The third-order valence-corrected chi connectivity index (χ3v) is 6.00. The number of ether oxygens (including phenoxy) is 1. The van der Waals surface area contributed by atoms with E-state index in [1.165, 1.54) is 31.4 Å². The summed E-state index contributed by atoms with van der Waals surface area (Å²) in [7, 11) is -2.05. The molecular formula is C18H19ClN2O4S. The number of benzene rings is 2. The van der Waals surface area contributed by atoms with E-state index in [0.717, 1.165) is 18.4 Å². The Morgan fingerprint density at radius 1 is 1.19 bits per heavy atom. The van der Waals surface area contributed by atoms with Crippen molar-refractivity contribution < 1.29 is 17.9 Å². The third-order valence-electron chi connectivity index (χ3n) is 4.05. The molecule has 0 bridgehead atoms. The van der Waals surface area contributed by atoms with Gasteiger partial charge < -0.3 is 10.1 Å². The maximum atomic E-state index is 12.5. The molecule has 1 aliphatic carbocycles. The van der Waals surface area contributed by atoms with E-state index >= 15 is 0 Å². The number of hydrogen-bond acceptors (Lipinski definition) is 4. The Bertz CT molecular complexity index is 938. The first kappa shape index (κ1) is 18.7. The molecule has 2 aromatic carbocycles. The van der Waals surface area contributed by atoms with E-state index < -0.39 is 10.0 Å². The molecule has 0 radical (unpaired) electrons. The first-order chi connectivity index (χ1) is 12.3. The molecule has 0 saturated heterocycles. The number of amides is 1. The van der Waals surface area contributed by atoms with E-state index in [1.54, 1.807) is 12.1 Å². The summed E-state index contributed by atoms with van der Waals surface area (Å²) >= 11 is 6.06. The van der Waals surface area contributed by atoms with E-state index in [1.807, 2.05) is 6.92 Å². The Labute approximate surface area is 157 Å². The highest BCUT2D eigenvalue weighted by atomic mass is 35.5. The number of aryl methyl sites for hydroxylation is 1. The van der Waals surface area contributed by atoms with Gasteiger partial charge in [-0.15, -0.1) is 0 Å². The molecule has 26 heavy (non-hydrogen) atoms. The molecule has 1 amide bonds. The minimum atomic E-state index is -3.54. The minimum Gasteiger partial charge on any atom is -0.495 e. The molecule has 0 spiro atoms. The number of carbonyl (C=O) groups is 1. The summed E-state index contributed by atoms with van der Waals surface area (Å²) in [6.07, 6.45) is 1.73. The Hall–Kier alpha value is -2.09. The van der Waals surface area contributed by atoms with Gasteiger partial charge in [0.1, 0.15) is 5.75 Å². The molecule has 3 rings (SSSR count). The molecule has 2 N–H and O–H groups in total. The number of sulfonamides is 1. The van der Waals surface area contributed by atoms with E-state index in [0.29, 0.717) is 22.0 Å². The van der Waals surface area contributed by atoms with Crippen molar-refractivity contribution in [3.05, 3.63) is 52.5 Å². The van der Waals surface area contributed by atoms with E-state index in [2.05, 4.69) is 10.0 Å². The zero-order valence-corrected chi connectivity index (χ0v) is 15.9. The lowest BCUT2D eigenvalue weighted by atomic mass is 10.1. The number of hydrogen-bond donors (Lipinski definition) is 2. The van der Waals surface area contributed by atoms with Gasteiger partial charge in [0.25, 0.3) is 5.91 Å². The molecule has 2 aromatic rings. The van der Waals surface area contributed by atoms with Crippen LogP contribution in [0, 0.1) is 6.92 Å². The van der Waals surface area contributed by atoms with Crippen LogP contribution in [-0.2, 0) is 10.0 Å². The van der Waals surface area contributed by atoms with Crippen molar-refractivity contribution in [3.8, 4) is 5.75 Å². The van der Waals surface area contributed by atoms with Gasteiger partial charge in [0.05, 0.1) is 17.7 Å². The van der Waals surface area contributed by atoms with Gasteiger partial charge in [0.2, 0.25) is 10.0 Å². The quantitative estimate of drug-likeness (QED) is 0.786. The zero-order valence-electron chi connectivity index (χ0n) is 14.4. The van der Waals surface area contributed by atoms with Crippen molar-refractivity contribution in [3.63, 3.8) is 0 Å². The number of nitrogens with one attached hydrogen (secondary N) is 2. The smallest absolute Gasteiger partial charge is 0.255 e. The van der Waals surface area contributed by atoms with E-state index in [9.17, 15) is 13.2 Å². The first-order valence-corrected chi connectivity index (χ1v) is 9.94. The molecule has 1 aliphatic rings. The summed E-state index contributed by atoms with van der Waals surface area (Å²) in [6, 6.07) is 9.18. The van der Waals surface area contributed by atoms with Crippen LogP contribution in [-0.4, -0.2) is 27.5 Å². The summed E-state index contributed by atoms with van der Waals surface area (Å²) in [5.74, 6) is 0.0749. The fourth-order valence-electron chi connectivity index (χ4n) is 2.40. The summed E-state index contributed by atoms with van der Waals surface area (Å²) < 4.78 is 32.2. The Balaban J connectivity index is 1.77. The van der Waals surface area contributed by atoms with Crippen LogP contribution in [0.15, 0.2) is 41.3 Å². The van der Waals surface area contributed by atoms with Crippen LogP contribution >= 0.6 is 11.6 Å². The predicted molar refractivity (Wildman–Crippen MR) is 100 cm³/mol. The predicted octanol–water partition coefficient (Wildman–Crippen LogP) is 3.35. The Morgan fingerprint density at radius 2 is 1.85 bits per heavy atom. The summed E-state index contributed by atoms with van der Waals surface area (Å²) in [4.78, 5) is 12.6. The van der Waals surface area contributed by atoms with Gasteiger partial charge in [-0.25, -0.2) is 13.1 Å². The van der Waals surface area contributed by atoms with Gasteiger partial charge in [-0.1, -0.05) is 11.6 Å². The number of methoxy groups -OCH3 is 1. The molecule has 0 atom stereocenters. The van der Waals surface area contributed by atoms with Crippen molar-refractivity contribution in [2.45, 2.75) is 30.7 Å². The Kier molecular flexibility index (Phi) is 5.22. The number of rotatable bonds is 6. The van der Waals surface area contributed by atoms with Crippen LogP contribution in [0.5, 0.6) is 5.75 Å². The topological polar surface area (TPSA) is 84.5 Å². The molecule has 1 fully saturated rings. The van der Waals surface area contributed by atoms with Crippen LogP contribution in [0.2, 0.25) is 5.02 Å². The summed E-state index contributed by atoms with van der Waals surface area (Å²) in [5, 5.41) is 3.30. The van der Waals surface area contributed by atoms with Gasteiger partial charge in [-0.2, -0.15) is 0 Å². The molecular weight excluding hydrogens is 376 g/mol. The minimum absolute atomic E-state index is 0.0311. The fourth-order valence-corrected chi connectivity index (χ4v) is 3.86. The monoisotopic (exact) mass is 394 g/mol. The van der Waals surface area contributed by atoms with Gasteiger partial charge >= 0.3 is 0 Å². The van der Waals surface area contributed by atoms with Crippen LogP contribution in [0.25, 0.3) is 0 Å². The van der Waals surface area contributed by atoms with E-state index in [-0.39, 0.29) is 16.8 Å². The molecule has 0 aliphatic heterocycles. The van der Waals surface area contributed by atoms with Crippen molar-refractivity contribution in [2.75, 3.05) is 12.4 Å². The summed E-state index contributed by atoms with van der Waals surface area (Å²) in [5.41, 5.74) is 1.63. The largest absolute Gasteiger partial charge is 0.495 e. The van der Waals surface area contributed by atoms with E-state index in [4.69, 9.17) is 16.3 Å². The van der Waals surface area contributed by atoms with Crippen LogP contribution in [0.3, 0.4) is 0 Å². The molecule has 0 aromatic heterocycles. The lowest BCUT2D eigenvalue weighted by Gasteiger charge is -2.12. The second kappa shape index (κ2) is 7.26. The summed E-state index contributed by atoms with van der Waals surface area (Å²) in [6.45, 7) is 1.82. The lowest BCUT2D eigenvalue weighted by Crippen LogP contribution is -2.25. The average Bonchev–Trinajstić information content (AvgIpc) is 3.41. The van der Waals surface area contributed by atoms with Gasteiger partial charge in [-0.05, 0) is 55.7 Å². The standard InChI is InChI=1S/C18H19ClN2O4S/c1-11-9-16(17(25-2)10-15(11)19)20-18(22)12-3-7-14(8-4-12)26(23,24)21-13-5-6-13/h3-4,7-10,13,21H,5-6H2,1-2H3,(H,20,22). The second-order valence-corrected chi connectivity index (χ2v) is 8.30. The second-order valence-electron chi connectivity index (χ2n) is 6.18. The van der Waals surface area contributed by atoms with Crippen LogP contribution < -0.4 is 14.8 Å². The van der Waals surface area contributed by atoms with Crippen molar-refractivity contribution in [1.29, 1.82) is 0 Å². The lowest BCUT2D eigenvalue weighted by molar-refractivity contribution is 0.102. The molecule has 138 valence electrons. The molecule has 0 heterocycles. The first-order valence-electron chi connectivity index (χ1n) is 8.08. The molecule has 8 heteroatoms. The molecule has 1 saturated carbocycles. The highest BCUT2D eigenvalue weighted by molar-refractivity contribution is 7.89.